The number of likely N-dealkylation sites (N-methyl/N-ethyl adjacent to an activating group) is 1. The Kier molecular flexibility index (Phi) is 6.71. The third-order valence-corrected chi connectivity index (χ3v) is 4.69. The second-order valence-corrected chi connectivity index (χ2v) is 6.77. The largest absolute Gasteiger partial charge is 0.493 e. The van der Waals surface area contributed by atoms with Crippen molar-refractivity contribution in [3.63, 3.8) is 0 Å². The Hall–Kier alpha value is -4.07. The lowest BCUT2D eigenvalue weighted by atomic mass is 10.2. The summed E-state index contributed by atoms with van der Waals surface area (Å²) in [5.74, 6) is 0.0791. The van der Waals surface area contributed by atoms with E-state index in [2.05, 4.69) is 4.98 Å². The molecule has 8 nitrogen and oxygen atoms in total. The maximum absolute atomic E-state index is 12.7. The summed E-state index contributed by atoms with van der Waals surface area (Å²) in [4.78, 5) is 40.9. The molecule has 0 atom stereocenters. The lowest BCUT2D eigenvalue weighted by molar-refractivity contribution is -0.113. The molecule has 0 bridgehead atoms. The highest BCUT2D eigenvalue weighted by Gasteiger charge is 2.19. The minimum atomic E-state index is -0.731. The van der Waals surface area contributed by atoms with Crippen LogP contribution in [0.2, 0.25) is 0 Å². The van der Waals surface area contributed by atoms with Gasteiger partial charge in [-0.05, 0) is 24.6 Å². The van der Waals surface area contributed by atoms with E-state index in [9.17, 15) is 14.4 Å². The second kappa shape index (κ2) is 9.62. The van der Waals surface area contributed by atoms with Crippen LogP contribution in [-0.2, 0) is 11.3 Å². The summed E-state index contributed by atoms with van der Waals surface area (Å²) in [5.41, 5.74) is 6.23. The summed E-state index contributed by atoms with van der Waals surface area (Å²) >= 11 is 0. The molecule has 0 aliphatic carbocycles. The van der Waals surface area contributed by atoms with Crippen LogP contribution in [0, 0.1) is 0 Å². The van der Waals surface area contributed by atoms with E-state index >= 15 is 0 Å². The van der Waals surface area contributed by atoms with E-state index < -0.39 is 17.2 Å². The minimum Gasteiger partial charge on any atom is -0.493 e. The maximum atomic E-state index is 12.7. The molecule has 0 saturated heterocycles. The molecule has 0 unspecified atom stereocenters. The minimum absolute atomic E-state index is 0.0865. The number of nitrogens with zero attached hydrogens (tertiary/aromatic N) is 2. The van der Waals surface area contributed by atoms with Gasteiger partial charge in [0.05, 0.1) is 13.2 Å². The van der Waals surface area contributed by atoms with Crippen molar-refractivity contribution in [2.45, 2.75) is 13.5 Å². The van der Waals surface area contributed by atoms with Crippen LogP contribution in [0.3, 0.4) is 0 Å². The van der Waals surface area contributed by atoms with Crippen molar-refractivity contribution >= 4 is 23.5 Å². The number of ether oxygens (including phenoxy) is 1. The van der Waals surface area contributed by atoms with Gasteiger partial charge in [-0.25, -0.2) is 4.79 Å². The van der Waals surface area contributed by atoms with Crippen LogP contribution in [0.5, 0.6) is 5.75 Å². The molecule has 1 amide bonds. The fourth-order valence-electron chi connectivity index (χ4n) is 3.11. The van der Waals surface area contributed by atoms with E-state index in [1.165, 1.54) is 17.7 Å². The molecule has 3 rings (SSSR count). The lowest BCUT2D eigenvalue weighted by Gasteiger charge is -2.19. The van der Waals surface area contributed by atoms with Crippen LogP contribution in [0.25, 0.3) is 6.08 Å². The molecule has 0 spiro atoms. The molecule has 3 N–H and O–H groups in total. The Bertz CT molecular complexity index is 1210. The van der Waals surface area contributed by atoms with Gasteiger partial charge in [-0.3, -0.25) is 19.1 Å². The number of rotatable bonds is 7. The first-order chi connectivity index (χ1) is 14.9. The highest BCUT2D eigenvalue weighted by atomic mass is 16.5. The van der Waals surface area contributed by atoms with Crippen molar-refractivity contribution in [3.8, 4) is 5.75 Å². The summed E-state index contributed by atoms with van der Waals surface area (Å²) in [6.45, 7) is 2.53. The van der Waals surface area contributed by atoms with Crippen molar-refractivity contribution in [2.75, 3.05) is 24.3 Å². The van der Waals surface area contributed by atoms with E-state index in [0.717, 1.165) is 16.0 Å². The van der Waals surface area contributed by atoms with Crippen LogP contribution in [-0.4, -0.2) is 29.1 Å². The van der Waals surface area contributed by atoms with Crippen molar-refractivity contribution in [1.82, 2.24) is 9.55 Å². The Morgan fingerprint density at radius 3 is 2.52 bits per heavy atom. The number of amides is 1. The summed E-state index contributed by atoms with van der Waals surface area (Å²) in [5, 5.41) is 0. The zero-order chi connectivity index (χ0) is 22.4. The smallest absolute Gasteiger partial charge is 0.330 e. The van der Waals surface area contributed by atoms with Crippen molar-refractivity contribution < 1.29 is 9.53 Å². The van der Waals surface area contributed by atoms with Crippen LogP contribution < -0.4 is 26.6 Å². The molecule has 3 aromatic rings. The number of hydrogen-bond donors (Lipinski definition) is 2. The number of nitrogens with one attached hydrogen (secondary N) is 1. The quantitative estimate of drug-likeness (QED) is 0.570. The number of anilines is 2. The molecule has 160 valence electrons. The van der Waals surface area contributed by atoms with Gasteiger partial charge >= 0.3 is 5.69 Å². The number of aromatic nitrogens is 2. The fraction of sp³-hybridized carbons (Fsp3) is 0.174. The average Bonchev–Trinajstić information content (AvgIpc) is 2.76. The number of carbonyl (C=O) groups excluding carboxylic acids is 1. The first-order valence-electron chi connectivity index (χ1n) is 9.76. The normalized spacial score (nSPS) is 10.9. The number of benzene rings is 2. The van der Waals surface area contributed by atoms with Gasteiger partial charge in [0.1, 0.15) is 11.6 Å². The molecule has 8 heteroatoms. The topological polar surface area (TPSA) is 110 Å². The Morgan fingerprint density at radius 2 is 1.81 bits per heavy atom. The number of nitrogens with two attached hydrogens (primary N) is 1. The molecule has 0 aliphatic rings. The molecular formula is C23H24N4O4. The van der Waals surface area contributed by atoms with Crippen molar-refractivity contribution in [3.05, 3.63) is 92.6 Å². The molecule has 2 aromatic carbocycles. The summed E-state index contributed by atoms with van der Waals surface area (Å²) in [6, 6.07) is 16.5. The van der Waals surface area contributed by atoms with Gasteiger partial charge in [0.25, 0.3) is 11.5 Å². The van der Waals surface area contributed by atoms with Crippen molar-refractivity contribution in [2.24, 2.45) is 0 Å². The number of aromatic amines is 1. The standard InChI is InChI=1S/C23H24N4O4/c1-3-31-18-12-8-7-11-17(18)13-14-19(28)26(2)20-21(24)27(23(30)25-22(20)29)15-16-9-5-4-6-10-16/h4-14H,3,15,24H2,1-2H3,(H,25,29,30)/b14-13+. The molecule has 1 aromatic heterocycles. The monoisotopic (exact) mass is 420 g/mol. The first-order valence-corrected chi connectivity index (χ1v) is 9.76. The highest BCUT2D eigenvalue weighted by molar-refractivity contribution is 6.04. The van der Waals surface area contributed by atoms with Crippen LogP contribution >= 0.6 is 0 Å². The number of H-pyrrole nitrogens is 1. The SMILES string of the molecule is CCOc1ccccc1/C=C/C(=O)N(C)c1c(N)n(Cc2ccccc2)c(=O)[nH]c1=O. The summed E-state index contributed by atoms with van der Waals surface area (Å²) in [7, 11) is 1.43. The van der Waals surface area contributed by atoms with Gasteiger partial charge in [0, 0.05) is 18.7 Å². The lowest BCUT2D eigenvalue weighted by Crippen LogP contribution is -2.39. The van der Waals surface area contributed by atoms with E-state index in [0.29, 0.717) is 12.4 Å². The van der Waals surface area contributed by atoms with E-state index in [1.807, 2.05) is 55.5 Å². The Morgan fingerprint density at radius 1 is 1.13 bits per heavy atom. The van der Waals surface area contributed by atoms with Gasteiger partial charge in [-0.1, -0.05) is 48.5 Å². The van der Waals surface area contributed by atoms with E-state index in [-0.39, 0.29) is 18.1 Å². The van der Waals surface area contributed by atoms with Gasteiger partial charge in [-0.15, -0.1) is 0 Å². The Labute approximate surface area is 179 Å². The van der Waals surface area contributed by atoms with Crippen molar-refractivity contribution in [1.29, 1.82) is 0 Å². The zero-order valence-corrected chi connectivity index (χ0v) is 17.4. The summed E-state index contributed by atoms with van der Waals surface area (Å²) < 4.78 is 6.78. The van der Waals surface area contributed by atoms with Crippen LogP contribution in [0.15, 0.2) is 70.3 Å². The predicted molar refractivity (Wildman–Crippen MR) is 121 cm³/mol. The molecule has 1 heterocycles. The molecule has 0 radical (unpaired) electrons. The second-order valence-electron chi connectivity index (χ2n) is 6.77. The molecule has 31 heavy (non-hydrogen) atoms. The first kappa shape index (κ1) is 21.6. The molecular weight excluding hydrogens is 396 g/mol. The fourth-order valence-corrected chi connectivity index (χ4v) is 3.11. The Balaban J connectivity index is 1.91. The van der Waals surface area contributed by atoms with E-state index in [4.69, 9.17) is 10.5 Å². The predicted octanol–water partition coefficient (Wildman–Crippen LogP) is 2.24. The number of para-hydroxylation sites is 1. The third kappa shape index (κ3) is 4.92. The number of carbonyl (C=O) groups is 1. The van der Waals surface area contributed by atoms with Crippen LogP contribution in [0.1, 0.15) is 18.1 Å². The third-order valence-electron chi connectivity index (χ3n) is 4.69. The van der Waals surface area contributed by atoms with E-state index in [1.54, 1.807) is 12.1 Å². The molecule has 0 saturated carbocycles. The zero-order valence-electron chi connectivity index (χ0n) is 17.4. The summed E-state index contributed by atoms with van der Waals surface area (Å²) in [6.07, 6.45) is 2.93. The van der Waals surface area contributed by atoms with Gasteiger partial charge < -0.3 is 15.4 Å². The maximum Gasteiger partial charge on any atom is 0.330 e. The number of hydrogen-bond acceptors (Lipinski definition) is 5. The molecule has 0 fully saturated rings. The van der Waals surface area contributed by atoms with Gasteiger partial charge in [0.15, 0.2) is 5.69 Å². The highest BCUT2D eigenvalue weighted by Crippen LogP contribution is 2.20. The van der Waals surface area contributed by atoms with Gasteiger partial charge in [-0.2, -0.15) is 0 Å². The molecule has 0 aliphatic heterocycles. The van der Waals surface area contributed by atoms with Gasteiger partial charge in [0.2, 0.25) is 0 Å². The van der Waals surface area contributed by atoms with Crippen LogP contribution in [0.4, 0.5) is 11.5 Å². The average molecular weight is 420 g/mol. The number of nitrogen functional groups attached to an aromatic ring is 1.